The monoisotopic (exact) mass is 352 g/mol. The van der Waals surface area contributed by atoms with Gasteiger partial charge in [0.1, 0.15) is 25.1 Å². The number of allylic oxidation sites excluding steroid dienone is 2. The number of ketones is 1. The van der Waals surface area contributed by atoms with Crippen LogP contribution in [0.2, 0.25) is 0 Å². The number of Topliss-reactive ketones (excluding diaryl/α,β-unsaturated/α-hetero) is 1. The molecule has 1 aliphatic carbocycles. The lowest BCUT2D eigenvalue weighted by Gasteiger charge is -2.34. The van der Waals surface area contributed by atoms with Crippen LogP contribution in [-0.4, -0.2) is 33.8 Å². The highest BCUT2D eigenvalue weighted by Gasteiger charge is 2.38. The van der Waals surface area contributed by atoms with Gasteiger partial charge in [0.05, 0.1) is 0 Å². The first-order valence-corrected chi connectivity index (χ1v) is 8.96. The van der Waals surface area contributed by atoms with Crippen molar-refractivity contribution in [1.29, 1.82) is 0 Å². The third-order valence-corrected chi connectivity index (χ3v) is 5.11. The molecule has 2 aliphatic heterocycles. The van der Waals surface area contributed by atoms with E-state index in [1.165, 1.54) is 0 Å². The van der Waals surface area contributed by atoms with E-state index in [0.29, 0.717) is 43.1 Å². The highest BCUT2D eigenvalue weighted by molar-refractivity contribution is 5.99. The topological polar surface area (TPSA) is 78.3 Å². The SMILES string of the molecule is Cc1nc2n(n1)C(c1ccc3c(c1)OCCO3)C1=C(CC(C)CC1=O)N2. The van der Waals surface area contributed by atoms with Gasteiger partial charge in [-0.1, -0.05) is 13.0 Å². The van der Waals surface area contributed by atoms with Gasteiger partial charge in [0.2, 0.25) is 5.95 Å². The Labute approximate surface area is 151 Å². The van der Waals surface area contributed by atoms with Crippen LogP contribution in [0, 0.1) is 12.8 Å². The third kappa shape index (κ3) is 2.30. The predicted molar refractivity (Wildman–Crippen MR) is 94.4 cm³/mol. The molecule has 0 bridgehead atoms. The highest BCUT2D eigenvalue weighted by Crippen LogP contribution is 2.43. The third-order valence-electron chi connectivity index (χ3n) is 5.11. The van der Waals surface area contributed by atoms with Crippen molar-refractivity contribution < 1.29 is 14.3 Å². The van der Waals surface area contributed by atoms with Crippen LogP contribution < -0.4 is 14.8 Å². The van der Waals surface area contributed by atoms with E-state index in [2.05, 4.69) is 22.3 Å². The molecule has 1 N–H and O–H groups in total. The average molecular weight is 352 g/mol. The first-order chi connectivity index (χ1) is 12.6. The molecule has 2 unspecified atom stereocenters. The van der Waals surface area contributed by atoms with Crippen molar-refractivity contribution in [2.24, 2.45) is 5.92 Å². The second-order valence-corrected chi connectivity index (χ2v) is 7.19. The fourth-order valence-electron chi connectivity index (χ4n) is 4.05. The maximum atomic E-state index is 12.9. The van der Waals surface area contributed by atoms with Crippen LogP contribution in [0.25, 0.3) is 0 Å². The molecule has 2 aromatic rings. The lowest BCUT2D eigenvalue weighted by Crippen LogP contribution is -2.33. The number of aryl methyl sites for hydroxylation is 1. The lowest BCUT2D eigenvalue weighted by atomic mass is 9.81. The van der Waals surface area contributed by atoms with Crippen LogP contribution in [0.5, 0.6) is 11.5 Å². The standard InChI is InChI=1S/C19H20N4O3/c1-10-7-13-17(14(24)8-10)18(23-19(21-13)20-11(2)22-23)12-3-4-15-16(9-12)26-6-5-25-15/h3-4,9-10,18H,5-8H2,1-2H3,(H,20,21,22). The van der Waals surface area contributed by atoms with Gasteiger partial charge in [0.25, 0.3) is 0 Å². The van der Waals surface area contributed by atoms with E-state index >= 15 is 0 Å². The summed E-state index contributed by atoms with van der Waals surface area (Å²) in [7, 11) is 0. The van der Waals surface area contributed by atoms with E-state index in [0.717, 1.165) is 29.0 Å². The molecule has 1 aromatic heterocycles. The zero-order valence-corrected chi connectivity index (χ0v) is 14.8. The van der Waals surface area contributed by atoms with Gasteiger partial charge >= 0.3 is 0 Å². The van der Waals surface area contributed by atoms with Crippen molar-refractivity contribution in [3.05, 3.63) is 40.9 Å². The van der Waals surface area contributed by atoms with Gasteiger partial charge in [-0.2, -0.15) is 10.1 Å². The normalized spacial score (nSPS) is 24.0. The summed E-state index contributed by atoms with van der Waals surface area (Å²) in [5, 5.41) is 7.89. The summed E-state index contributed by atoms with van der Waals surface area (Å²) in [5.41, 5.74) is 2.71. The van der Waals surface area contributed by atoms with Crippen LogP contribution >= 0.6 is 0 Å². The maximum Gasteiger partial charge on any atom is 0.226 e. The Morgan fingerprint density at radius 2 is 2.00 bits per heavy atom. The number of anilines is 1. The molecule has 2 atom stereocenters. The molecular weight excluding hydrogens is 332 g/mol. The number of carbonyl (C=O) groups excluding carboxylic acids is 1. The molecule has 3 heterocycles. The molecule has 134 valence electrons. The van der Waals surface area contributed by atoms with E-state index in [1.807, 2.05) is 29.8 Å². The van der Waals surface area contributed by atoms with Crippen LogP contribution in [0.3, 0.4) is 0 Å². The molecule has 0 amide bonds. The van der Waals surface area contributed by atoms with Gasteiger partial charge in [-0.3, -0.25) is 4.79 Å². The van der Waals surface area contributed by atoms with E-state index in [1.54, 1.807) is 0 Å². The fraction of sp³-hybridized carbons (Fsp3) is 0.421. The largest absolute Gasteiger partial charge is 0.486 e. The molecule has 0 saturated heterocycles. The summed E-state index contributed by atoms with van der Waals surface area (Å²) < 4.78 is 13.2. The molecule has 7 nitrogen and oxygen atoms in total. The smallest absolute Gasteiger partial charge is 0.226 e. The van der Waals surface area contributed by atoms with E-state index in [4.69, 9.17) is 9.47 Å². The minimum absolute atomic E-state index is 0.171. The van der Waals surface area contributed by atoms with Crippen LogP contribution in [0.1, 0.15) is 37.2 Å². The molecule has 0 radical (unpaired) electrons. The van der Waals surface area contributed by atoms with Gasteiger partial charge in [0.15, 0.2) is 17.3 Å². The average Bonchev–Trinajstić information content (AvgIpc) is 2.99. The van der Waals surface area contributed by atoms with Crippen molar-refractivity contribution in [3.8, 4) is 11.5 Å². The number of hydrogen-bond donors (Lipinski definition) is 1. The lowest BCUT2D eigenvalue weighted by molar-refractivity contribution is -0.117. The number of fused-ring (bicyclic) bond motifs is 2. The summed E-state index contributed by atoms with van der Waals surface area (Å²) in [4.78, 5) is 17.4. The van der Waals surface area contributed by atoms with Crippen LogP contribution in [0.4, 0.5) is 5.95 Å². The molecule has 7 heteroatoms. The molecule has 5 rings (SSSR count). The molecule has 1 aromatic carbocycles. The molecule has 0 saturated carbocycles. The van der Waals surface area contributed by atoms with Gasteiger partial charge < -0.3 is 14.8 Å². The first-order valence-electron chi connectivity index (χ1n) is 8.96. The van der Waals surface area contributed by atoms with Gasteiger partial charge in [-0.15, -0.1) is 0 Å². The van der Waals surface area contributed by atoms with Crippen molar-refractivity contribution in [2.45, 2.75) is 32.7 Å². The number of ether oxygens (including phenoxy) is 2. The Hall–Kier alpha value is -2.83. The number of hydrogen-bond acceptors (Lipinski definition) is 6. The molecule has 0 spiro atoms. The second kappa shape index (κ2) is 5.59. The van der Waals surface area contributed by atoms with Crippen molar-refractivity contribution in [2.75, 3.05) is 18.5 Å². The van der Waals surface area contributed by atoms with Crippen molar-refractivity contribution in [3.63, 3.8) is 0 Å². The fourth-order valence-corrected chi connectivity index (χ4v) is 4.05. The molecule has 3 aliphatic rings. The highest BCUT2D eigenvalue weighted by atomic mass is 16.6. The maximum absolute atomic E-state index is 12.9. The van der Waals surface area contributed by atoms with Gasteiger partial charge in [-0.05, 0) is 37.0 Å². The summed E-state index contributed by atoms with van der Waals surface area (Å²) in [6, 6.07) is 5.56. The minimum atomic E-state index is -0.293. The number of nitrogens with one attached hydrogen (secondary N) is 1. The Morgan fingerprint density at radius 3 is 2.85 bits per heavy atom. The number of rotatable bonds is 1. The zero-order chi connectivity index (χ0) is 17.8. The quantitative estimate of drug-likeness (QED) is 0.850. The van der Waals surface area contributed by atoms with E-state index < -0.39 is 0 Å². The Morgan fingerprint density at radius 1 is 1.19 bits per heavy atom. The summed E-state index contributed by atoms with van der Waals surface area (Å²) in [5.74, 6) is 3.31. The Kier molecular flexibility index (Phi) is 3.32. The summed E-state index contributed by atoms with van der Waals surface area (Å²) in [6.45, 7) is 5.04. The van der Waals surface area contributed by atoms with Gasteiger partial charge in [-0.25, -0.2) is 4.68 Å². The van der Waals surface area contributed by atoms with Crippen LogP contribution in [0.15, 0.2) is 29.5 Å². The summed E-state index contributed by atoms with van der Waals surface area (Å²) in [6.07, 6.45) is 1.40. The first kappa shape index (κ1) is 15.4. The zero-order valence-electron chi connectivity index (χ0n) is 14.8. The Bertz CT molecular complexity index is 946. The van der Waals surface area contributed by atoms with Crippen molar-refractivity contribution >= 4 is 11.7 Å². The second-order valence-electron chi connectivity index (χ2n) is 7.19. The predicted octanol–water partition coefficient (Wildman–Crippen LogP) is 2.63. The molecular formula is C19H20N4O3. The van der Waals surface area contributed by atoms with Gasteiger partial charge in [0, 0.05) is 17.7 Å². The minimum Gasteiger partial charge on any atom is -0.486 e. The van der Waals surface area contributed by atoms with Crippen molar-refractivity contribution in [1.82, 2.24) is 14.8 Å². The van der Waals surface area contributed by atoms with Crippen LogP contribution in [-0.2, 0) is 4.79 Å². The van der Waals surface area contributed by atoms with E-state index in [9.17, 15) is 4.79 Å². The number of carbonyl (C=O) groups is 1. The molecule has 26 heavy (non-hydrogen) atoms. The Balaban J connectivity index is 1.68. The molecule has 0 fully saturated rings. The summed E-state index contributed by atoms with van der Waals surface area (Å²) >= 11 is 0. The number of nitrogens with zero attached hydrogens (tertiary/aromatic N) is 3. The number of benzene rings is 1. The number of aromatic nitrogens is 3. The van der Waals surface area contributed by atoms with E-state index in [-0.39, 0.29) is 11.8 Å².